The van der Waals surface area contributed by atoms with Gasteiger partial charge in [-0.25, -0.2) is 4.79 Å². The highest BCUT2D eigenvalue weighted by Gasteiger charge is 2.63. The molecule has 8 heteroatoms. The van der Waals surface area contributed by atoms with E-state index in [1.54, 1.807) is 11.9 Å². The number of carboxylic acids is 1. The summed E-state index contributed by atoms with van der Waals surface area (Å²) in [5.41, 5.74) is 1.42. The van der Waals surface area contributed by atoms with Gasteiger partial charge >= 0.3 is 5.97 Å². The Bertz CT molecular complexity index is 826. The van der Waals surface area contributed by atoms with Gasteiger partial charge in [0.05, 0.1) is 5.69 Å². The highest BCUT2D eigenvalue weighted by Crippen LogP contribution is 2.56. The number of hydrogen-bond donors (Lipinski definition) is 1. The normalized spacial score (nSPS) is 28.1. The van der Waals surface area contributed by atoms with E-state index in [9.17, 15) is 19.5 Å². The summed E-state index contributed by atoms with van der Waals surface area (Å²) in [7, 11) is 1.68. The molecule has 2 aliphatic heterocycles. The number of amides is 2. The number of carboxylic acid groups (broad SMARTS) is 1. The molecule has 0 aromatic heterocycles. The molecule has 6 nitrogen and oxygen atoms in total. The van der Waals surface area contributed by atoms with Crippen molar-refractivity contribution < 1.29 is 19.5 Å². The first-order chi connectivity index (χ1) is 12.9. The number of fused-ring (bicyclic) bond motifs is 2. The third-order valence-corrected chi connectivity index (χ3v) is 7.84. The Kier molecular flexibility index (Phi) is 4.74. The van der Waals surface area contributed by atoms with Gasteiger partial charge in [0.2, 0.25) is 5.91 Å². The molecule has 2 atom stereocenters. The Morgan fingerprint density at radius 2 is 1.96 bits per heavy atom. The predicted molar refractivity (Wildman–Crippen MR) is 107 cm³/mol. The van der Waals surface area contributed by atoms with Crippen LogP contribution in [0.3, 0.4) is 0 Å². The van der Waals surface area contributed by atoms with Gasteiger partial charge in [-0.05, 0) is 31.0 Å². The highest BCUT2D eigenvalue weighted by molar-refractivity contribution is 9.10. The summed E-state index contributed by atoms with van der Waals surface area (Å²) in [4.78, 5) is 40.5. The van der Waals surface area contributed by atoms with Crippen LogP contribution < -0.4 is 4.90 Å². The van der Waals surface area contributed by atoms with Crippen molar-refractivity contribution in [3.8, 4) is 0 Å². The zero-order valence-electron chi connectivity index (χ0n) is 15.0. The standard InChI is InChI=1S/C19H21BrN2O4S/c1-21-14-8-7-12(20)9-13(14)19(18(21)26)22(15(10-27-19)17(24)25)16(23)11-5-3-2-4-6-11/h7-9,11,15H,2-6,10H2,1H3,(H,24,25)/t15-,19-/m0/s1. The summed E-state index contributed by atoms with van der Waals surface area (Å²) in [6.45, 7) is 0. The number of anilines is 1. The lowest BCUT2D eigenvalue weighted by Gasteiger charge is -2.38. The second kappa shape index (κ2) is 6.81. The van der Waals surface area contributed by atoms with Crippen LogP contribution in [0.25, 0.3) is 0 Å². The number of carbonyl (C=O) groups excluding carboxylic acids is 2. The first-order valence-electron chi connectivity index (χ1n) is 9.16. The molecular weight excluding hydrogens is 432 g/mol. The van der Waals surface area contributed by atoms with Crippen LogP contribution in [0.1, 0.15) is 37.7 Å². The van der Waals surface area contributed by atoms with Crippen molar-refractivity contribution in [3.05, 3.63) is 28.2 Å². The van der Waals surface area contributed by atoms with Gasteiger partial charge in [-0.2, -0.15) is 0 Å². The largest absolute Gasteiger partial charge is 0.480 e. The Labute approximate surface area is 170 Å². The third kappa shape index (κ3) is 2.71. The van der Waals surface area contributed by atoms with Crippen molar-refractivity contribution in [2.75, 3.05) is 17.7 Å². The number of nitrogens with zero attached hydrogens (tertiary/aromatic N) is 2. The fraction of sp³-hybridized carbons (Fsp3) is 0.526. The van der Waals surface area contributed by atoms with Gasteiger partial charge in [0.1, 0.15) is 6.04 Å². The molecule has 1 aromatic rings. The summed E-state index contributed by atoms with van der Waals surface area (Å²) in [5, 5.41) is 9.79. The lowest BCUT2D eigenvalue weighted by atomic mass is 9.87. The first-order valence-corrected chi connectivity index (χ1v) is 10.9. The van der Waals surface area contributed by atoms with E-state index in [2.05, 4.69) is 15.9 Å². The average molecular weight is 453 g/mol. The van der Waals surface area contributed by atoms with Gasteiger partial charge in [0, 0.05) is 28.8 Å². The molecule has 1 N–H and O–H groups in total. The third-order valence-electron chi connectivity index (χ3n) is 5.86. The van der Waals surface area contributed by atoms with Crippen molar-refractivity contribution in [1.29, 1.82) is 0 Å². The van der Waals surface area contributed by atoms with E-state index in [0.717, 1.165) is 42.3 Å². The van der Waals surface area contributed by atoms with E-state index in [1.807, 2.05) is 18.2 Å². The maximum atomic E-state index is 13.5. The topological polar surface area (TPSA) is 77.9 Å². The zero-order chi connectivity index (χ0) is 19.3. The summed E-state index contributed by atoms with van der Waals surface area (Å²) in [6, 6.07) is 4.54. The van der Waals surface area contributed by atoms with Crippen LogP contribution in [0.15, 0.2) is 22.7 Å². The number of halogens is 1. The molecule has 1 saturated heterocycles. The Morgan fingerprint density at radius 3 is 2.63 bits per heavy atom. The van der Waals surface area contributed by atoms with Crippen LogP contribution in [0, 0.1) is 5.92 Å². The summed E-state index contributed by atoms with van der Waals surface area (Å²) >= 11 is 4.72. The molecule has 27 heavy (non-hydrogen) atoms. The highest BCUT2D eigenvalue weighted by atomic mass is 79.9. The molecule has 144 valence electrons. The average Bonchev–Trinajstić information content (AvgIpc) is 3.16. The first kappa shape index (κ1) is 18.8. The van der Waals surface area contributed by atoms with Gasteiger partial charge in [0.15, 0.2) is 4.87 Å². The van der Waals surface area contributed by atoms with Gasteiger partial charge in [-0.15, -0.1) is 11.8 Å². The van der Waals surface area contributed by atoms with Gasteiger partial charge in [-0.3, -0.25) is 9.59 Å². The van der Waals surface area contributed by atoms with Gasteiger partial charge in [0.25, 0.3) is 5.91 Å². The fourth-order valence-electron chi connectivity index (χ4n) is 4.50. The van der Waals surface area contributed by atoms with Crippen LogP contribution in [-0.4, -0.2) is 46.6 Å². The van der Waals surface area contributed by atoms with Crippen molar-refractivity contribution >= 4 is 51.2 Å². The minimum absolute atomic E-state index is 0.193. The molecule has 1 spiro atoms. The zero-order valence-corrected chi connectivity index (χ0v) is 17.4. The van der Waals surface area contributed by atoms with Crippen LogP contribution in [-0.2, 0) is 19.3 Å². The molecular formula is C19H21BrN2O4S. The molecule has 1 aliphatic carbocycles. The SMILES string of the molecule is CN1C(=O)[C@@]2(SC[C@@H](C(=O)O)N2C(=O)C2CCCCC2)c2cc(Br)ccc21. The second-order valence-electron chi connectivity index (χ2n) is 7.38. The maximum Gasteiger partial charge on any atom is 0.327 e. The Morgan fingerprint density at radius 1 is 1.26 bits per heavy atom. The molecule has 2 fully saturated rings. The number of rotatable bonds is 2. The van der Waals surface area contributed by atoms with E-state index in [0.29, 0.717) is 5.56 Å². The minimum Gasteiger partial charge on any atom is -0.480 e. The quantitative estimate of drug-likeness (QED) is 0.745. The van der Waals surface area contributed by atoms with Crippen molar-refractivity contribution in [3.63, 3.8) is 0 Å². The molecule has 0 bridgehead atoms. The Balaban J connectivity index is 1.85. The van der Waals surface area contributed by atoms with E-state index < -0.39 is 16.9 Å². The molecule has 4 rings (SSSR count). The van der Waals surface area contributed by atoms with Crippen LogP contribution >= 0.6 is 27.7 Å². The maximum absolute atomic E-state index is 13.5. The minimum atomic E-state index is -1.29. The van der Waals surface area contributed by atoms with E-state index in [-0.39, 0.29) is 23.5 Å². The van der Waals surface area contributed by atoms with Crippen molar-refractivity contribution in [2.24, 2.45) is 5.92 Å². The Hall–Kier alpha value is -1.54. The number of likely N-dealkylation sites (N-methyl/N-ethyl adjacent to an activating group) is 1. The van der Waals surface area contributed by atoms with Gasteiger partial charge in [-0.1, -0.05) is 35.2 Å². The van der Waals surface area contributed by atoms with Crippen LogP contribution in [0.4, 0.5) is 5.69 Å². The van der Waals surface area contributed by atoms with Crippen LogP contribution in [0.2, 0.25) is 0 Å². The summed E-state index contributed by atoms with van der Waals surface area (Å²) < 4.78 is 0.799. The number of hydrogen-bond acceptors (Lipinski definition) is 4. The van der Waals surface area contributed by atoms with E-state index in [4.69, 9.17) is 0 Å². The summed E-state index contributed by atoms with van der Waals surface area (Å²) in [6.07, 6.45) is 4.56. The van der Waals surface area contributed by atoms with Crippen LogP contribution in [0.5, 0.6) is 0 Å². The van der Waals surface area contributed by atoms with Crippen molar-refractivity contribution in [1.82, 2.24) is 4.90 Å². The summed E-state index contributed by atoms with van der Waals surface area (Å²) in [5.74, 6) is -1.48. The molecule has 0 radical (unpaired) electrons. The number of carbonyl (C=O) groups is 3. The number of benzene rings is 1. The molecule has 0 unspecified atom stereocenters. The van der Waals surface area contributed by atoms with Crippen molar-refractivity contribution in [2.45, 2.75) is 43.0 Å². The van der Waals surface area contributed by atoms with E-state index >= 15 is 0 Å². The predicted octanol–water partition coefficient (Wildman–Crippen LogP) is 3.19. The lowest BCUT2D eigenvalue weighted by Crippen LogP contribution is -2.56. The lowest BCUT2D eigenvalue weighted by molar-refractivity contribution is -0.156. The molecule has 1 saturated carbocycles. The molecule has 2 heterocycles. The number of thioether (sulfide) groups is 1. The monoisotopic (exact) mass is 452 g/mol. The van der Waals surface area contributed by atoms with E-state index in [1.165, 1.54) is 16.7 Å². The fourth-order valence-corrected chi connectivity index (χ4v) is 6.48. The molecule has 2 amide bonds. The number of aliphatic carboxylic acids is 1. The smallest absolute Gasteiger partial charge is 0.327 e. The second-order valence-corrected chi connectivity index (χ2v) is 9.51. The van der Waals surface area contributed by atoms with Gasteiger partial charge < -0.3 is 14.9 Å². The molecule has 3 aliphatic rings. The molecule has 1 aromatic carbocycles.